The molecule has 2 rings (SSSR count). The highest BCUT2D eigenvalue weighted by Crippen LogP contribution is 2.34. The quantitative estimate of drug-likeness (QED) is 0.707. The van der Waals surface area contributed by atoms with Gasteiger partial charge in [-0.15, -0.1) is 0 Å². The van der Waals surface area contributed by atoms with Crippen molar-refractivity contribution in [1.82, 2.24) is 5.32 Å². The third kappa shape index (κ3) is 4.91. The molecule has 0 heterocycles. The Hall–Kier alpha value is -2.28. The van der Waals surface area contributed by atoms with Gasteiger partial charge in [-0.1, -0.05) is 27.2 Å². The number of ether oxygens (including phenoxy) is 2. The standard InChI is InChI=1S/C20H31N3O4/c1-20(2,3)19(25)23-15-10-17(27-5)16(26-4)9-13(15)18(24)22-14-8-6-7-12(14)11-21/h9-10,12,14H,6-8,11,21H2,1-5H3,(H,22,24)(H,23,25). The number of carbonyl (C=O) groups is 2. The van der Waals surface area contributed by atoms with Gasteiger partial charge in [0, 0.05) is 17.5 Å². The maximum absolute atomic E-state index is 13.0. The van der Waals surface area contributed by atoms with Crippen molar-refractivity contribution in [2.75, 3.05) is 26.1 Å². The Kier molecular flexibility index (Phi) is 6.70. The molecule has 0 aliphatic heterocycles. The zero-order valence-electron chi connectivity index (χ0n) is 16.8. The van der Waals surface area contributed by atoms with Crippen LogP contribution in [0.2, 0.25) is 0 Å². The molecule has 0 spiro atoms. The van der Waals surface area contributed by atoms with Gasteiger partial charge >= 0.3 is 0 Å². The van der Waals surface area contributed by atoms with Crippen LogP contribution in [0.25, 0.3) is 0 Å². The van der Waals surface area contributed by atoms with Gasteiger partial charge < -0.3 is 25.8 Å². The van der Waals surface area contributed by atoms with Crippen molar-refractivity contribution in [1.29, 1.82) is 0 Å². The van der Waals surface area contributed by atoms with Crippen molar-refractivity contribution in [3.8, 4) is 11.5 Å². The molecule has 0 radical (unpaired) electrons. The monoisotopic (exact) mass is 377 g/mol. The second kappa shape index (κ2) is 8.61. The summed E-state index contributed by atoms with van der Waals surface area (Å²) in [6.45, 7) is 5.98. The van der Waals surface area contributed by atoms with Crippen molar-refractivity contribution in [3.05, 3.63) is 17.7 Å². The van der Waals surface area contributed by atoms with E-state index in [1.54, 1.807) is 12.1 Å². The Morgan fingerprint density at radius 2 is 1.78 bits per heavy atom. The first kappa shape index (κ1) is 21.0. The third-order valence-corrected chi connectivity index (χ3v) is 4.98. The topological polar surface area (TPSA) is 103 Å². The summed E-state index contributed by atoms with van der Waals surface area (Å²) in [7, 11) is 3.02. The van der Waals surface area contributed by atoms with Crippen molar-refractivity contribution in [3.63, 3.8) is 0 Å². The van der Waals surface area contributed by atoms with Crippen molar-refractivity contribution >= 4 is 17.5 Å². The molecule has 1 saturated carbocycles. The van der Waals surface area contributed by atoms with E-state index in [1.165, 1.54) is 14.2 Å². The number of nitrogens with one attached hydrogen (secondary N) is 2. The highest BCUT2D eigenvalue weighted by Gasteiger charge is 2.30. The number of rotatable bonds is 6. The molecular formula is C20H31N3O4. The van der Waals surface area contributed by atoms with E-state index in [4.69, 9.17) is 15.2 Å². The molecule has 27 heavy (non-hydrogen) atoms. The van der Waals surface area contributed by atoms with Gasteiger partial charge in [0.2, 0.25) is 5.91 Å². The predicted octanol–water partition coefficient (Wildman–Crippen LogP) is 2.55. The second-order valence-corrected chi connectivity index (χ2v) is 7.96. The van der Waals surface area contributed by atoms with Crippen LogP contribution in [0.1, 0.15) is 50.4 Å². The summed E-state index contributed by atoms with van der Waals surface area (Å²) < 4.78 is 10.7. The van der Waals surface area contributed by atoms with E-state index in [0.29, 0.717) is 29.3 Å². The minimum atomic E-state index is -0.600. The first-order valence-corrected chi connectivity index (χ1v) is 9.29. The lowest BCUT2D eigenvalue weighted by atomic mass is 9.95. The first-order chi connectivity index (χ1) is 12.7. The summed E-state index contributed by atoms with van der Waals surface area (Å²) in [5.41, 5.74) is 5.96. The van der Waals surface area contributed by atoms with Gasteiger partial charge in [0.1, 0.15) is 0 Å². The summed E-state index contributed by atoms with van der Waals surface area (Å²) >= 11 is 0. The number of methoxy groups -OCH3 is 2. The normalized spacial score (nSPS) is 19.5. The SMILES string of the molecule is COc1cc(NC(=O)C(C)(C)C)c(C(=O)NC2CCCC2CN)cc1OC. The van der Waals surface area contributed by atoms with E-state index in [1.807, 2.05) is 20.8 Å². The molecule has 1 aromatic carbocycles. The van der Waals surface area contributed by atoms with E-state index in [-0.39, 0.29) is 23.8 Å². The maximum Gasteiger partial charge on any atom is 0.253 e. The number of benzene rings is 1. The predicted molar refractivity (Wildman–Crippen MR) is 105 cm³/mol. The number of anilines is 1. The van der Waals surface area contributed by atoms with Gasteiger partial charge in [0.05, 0.1) is 25.5 Å². The maximum atomic E-state index is 13.0. The Labute approximate surface area is 161 Å². The van der Waals surface area contributed by atoms with Crippen LogP contribution in [-0.4, -0.2) is 38.6 Å². The molecule has 0 aromatic heterocycles. The third-order valence-electron chi connectivity index (χ3n) is 4.98. The van der Waals surface area contributed by atoms with E-state index in [2.05, 4.69) is 10.6 Å². The number of carbonyl (C=O) groups excluding carboxylic acids is 2. The highest BCUT2D eigenvalue weighted by atomic mass is 16.5. The highest BCUT2D eigenvalue weighted by molar-refractivity contribution is 6.05. The lowest BCUT2D eigenvalue weighted by molar-refractivity contribution is -0.123. The molecule has 1 aliphatic rings. The van der Waals surface area contributed by atoms with Crippen molar-refractivity contribution in [2.45, 2.75) is 46.1 Å². The van der Waals surface area contributed by atoms with E-state index >= 15 is 0 Å². The van der Waals surface area contributed by atoms with E-state index < -0.39 is 5.41 Å². The van der Waals surface area contributed by atoms with Gasteiger partial charge in [-0.05, 0) is 31.4 Å². The van der Waals surface area contributed by atoms with Crippen LogP contribution in [0.3, 0.4) is 0 Å². The summed E-state index contributed by atoms with van der Waals surface area (Å²) in [5.74, 6) is 0.703. The van der Waals surface area contributed by atoms with Crippen LogP contribution in [0.5, 0.6) is 11.5 Å². The Bertz CT molecular complexity index is 697. The summed E-state index contributed by atoms with van der Waals surface area (Å²) in [5, 5.41) is 5.92. The molecule has 2 atom stereocenters. The summed E-state index contributed by atoms with van der Waals surface area (Å²) in [6.07, 6.45) is 2.97. The van der Waals surface area contributed by atoms with Gasteiger partial charge in [0.15, 0.2) is 11.5 Å². The Morgan fingerprint density at radius 3 is 2.33 bits per heavy atom. The molecule has 7 nitrogen and oxygen atoms in total. The number of nitrogens with two attached hydrogens (primary N) is 1. The lowest BCUT2D eigenvalue weighted by Gasteiger charge is -2.23. The van der Waals surface area contributed by atoms with Crippen LogP contribution >= 0.6 is 0 Å². The van der Waals surface area contributed by atoms with Gasteiger partial charge in [-0.3, -0.25) is 9.59 Å². The largest absolute Gasteiger partial charge is 0.493 e. The van der Waals surface area contributed by atoms with Crippen LogP contribution in [-0.2, 0) is 4.79 Å². The van der Waals surface area contributed by atoms with E-state index in [0.717, 1.165) is 19.3 Å². The second-order valence-electron chi connectivity index (χ2n) is 7.96. The van der Waals surface area contributed by atoms with E-state index in [9.17, 15) is 9.59 Å². The number of hydrogen-bond donors (Lipinski definition) is 3. The Balaban J connectivity index is 2.36. The van der Waals surface area contributed by atoms with Crippen LogP contribution in [0.15, 0.2) is 12.1 Å². The summed E-state index contributed by atoms with van der Waals surface area (Å²) in [4.78, 5) is 25.5. The van der Waals surface area contributed by atoms with Crippen LogP contribution in [0, 0.1) is 11.3 Å². The number of hydrogen-bond acceptors (Lipinski definition) is 5. The molecule has 0 bridgehead atoms. The van der Waals surface area contributed by atoms with Gasteiger partial charge in [-0.2, -0.15) is 0 Å². The average Bonchev–Trinajstić information content (AvgIpc) is 3.07. The van der Waals surface area contributed by atoms with Gasteiger partial charge in [0.25, 0.3) is 5.91 Å². The molecule has 1 aromatic rings. The molecule has 1 fully saturated rings. The smallest absolute Gasteiger partial charge is 0.253 e. The molecule has 2 amide bonds. The van der Waals surface area contributed by atoms with Crippen LogP contribution < -0.4 is 25.8 Å². The molecular weight excluding hydrogens is 346 g/mol. The summed E-state index contributed by atoms with van der Waals surface area (Å²) in [6, 6.07) is 3.26. The first-order valence-electron chi connectivity index (χ1n) is 9.29. The molecule has 1 aliphatic carbocycles. The zero-order valence-corrected chi connectivity index (χ0v) is 16.8. The van der Waals surface area contributed by atoms with Crippen LogP contribution in [0.4, 0.5) is 5.69 Å². The fourth-order valence-electron chi connectivity index (χ4n) is 3.24. The Morgan fingerprint density at radius 1 is 1.15 bits per heavy atom. The zero-order chi connectivity index (χ0) is 20.2. The fraction of sp³-hybridized carbons (Fsp3) is 0.600. The molecule has 4 N–H and O–H groups in total. The minimum Gasteiger partial charge on any atom is -0.493 e. The molecule has 150 valence electrons. The lowest BCUT2D eigenvalue weighted by Crippen LogP contribution is -2.40. The molecule has 0 saturated heterocycles. The fourth-order valence-corrected chi connectivity index (χ4v) is 3.24. The minimum absolute atomic E-state index is 0.0433. The molecule has 2 unspecified atom stereocenters. The van der Waals surface area contributed by atoms with Gasteiger partial charge in [-0.25, -0.2) is 0 Å². The average molecular weight is 377 g/mol. The molecule has 7 heteroatoms. The van der Waals surface area contributed by atoms with Crippen molar-refractivity contribution in [2.24, 2.45) is 17.1 Å². The van der Waals surface area contributed by atoms with Crippen molar-refractivity contribution < 1.29 is 19.1 Å². The number of amides is 2.